The van der Waals surface area contributed by atoms with Gasteiger partial charge in [-0.25, -0.2) is 0 Å². The Morgan fingerprint density at radius 2 is 2.33 bits per heavy atom. The van der Waals surface area contributed by atoms with Crippen molar-refractivity contribution in [2.75, 3.05) is 6.54 Å². The van der Waals surface area contributed by atoms with Gasteiger partial charge in [0.2, 0.25) is 0 Å². The molecule has 0 aliphatic rings. The Hall–Kier alpha value is -1.05. The summed E-state index contributed by atoms with van der Waals surface area (Å²) in [6, 6.07) is 2.36. The normalized spacial score (nSPS) is 14.1. The first-order valence-electron chi connectivity index (χ1n) is 6.44. The van der Waals surface area contributed by atoms with E-state index < -0.39 is 5.54 Å². The van der Waals surface area contributed by atoms with Gasteiger partial charge in [0.1, 0.15) is 5.54 Å². The molecule has 0 spiro atoms. The summed E-state index contributed by atoms with van der Waals surface area (Å²) in [5.41, 5.74) is -0.405. The molecule has 0 fully saturated rings. The van der Waals surface area contributed by atoms with Crippen molar-refractivity contribution in [3.8, 4) is 6.07 Å². The Labute approximate surface area is 114 Å². The average molecular weight is 269 g/mol. The molecule has 100 valence electrons. The lowest BCUT2D eigenvalue weighted by Crippen LogP contribution is -2.41. The molecule has 1 atom stereocenters. The van der Waals surface area contributed by atoms with E-state index in [9.17, 15) is 5.26 Å². The minimum atomic E-state index is -0.405. The second-order valence-corrected chi connectivity index (χ2v) is 5.19. The Morgan fingerprint density at radius 1 is 1.56 bits per heavy atom. The predicted octanol–water partition coefficient (Wildman–Crippen LogP) is 2.99. The minimum absolute atomic E-state index is 0.405. The maximum absolute atomic E-state index is 9.18. The van der Waals surface area contributed by atoms with Gasteiger partial charge < -0.3 is 0 Å². The molecule has 1 heterocycles. The van der Waals surface area contributed by atoms with E-state index in [0.717, 1.165) is 38.8 Å². The third-order valence-electron chi connectivity index (χ3n) is 2.93. The number of rotatable bonds is 8. The first-order chi connectivity index (χ1) is 8.59. The van der Waals surface area contributed by atoms with E-state index in [1.807, 2.05) is 17.8 Å². The maximum Gasteiger partial charge on any atom is 0.103 e. The van der Waals surface area contributed by atoms with Crippen molar-refractivity contribution in [1.29, 1.82) is 5.26 Å². The van der Waals surface area contributed by atoms with Crippen LogP contribution >= 0.6 is 11.6 Å². The molecule has 1 unspecified atom stereocenters. The van der Waals surface area contributed by atoms with Crippen LogP contribution in [-0.4, -0.2) is 21.9 Å². The molecular weight excluding hydrogens is 248 g/mol. The summed E-state index contributed by atoms with van der Waals surface area (Å²) in [4.78, 5) is 0. The van der Waals surface area contributed by atoms with Gasteiger partial charge in [-0.1, -0.05) is 18.5 Å². The largest absolute Gasteiger partial charge is 0.300 e. The quantitative estimate of drug-likeness (QED) is 0.738. The van der Waals surface area contributed by atoms with Gasteiger partial charge in [0.25, 0.3) is 0 Å². The summed E-state index contributed by atoms with van der Waals surface area (Å²) in [6.07, 6.45) is 7.37. The number of hydrogen-bond donors (Lipinski definition) is 1. The van der Waals surface area contributed by atoms with E-state index in [1.165, 1.54) is 0 Å². The third kappa shape index (κ3) is 5.07. The number of aryl methyl sites for hydroxylation is 1. The van der Waals surface area contributed by atoms with E-state index in [-0.39, 0.29) is 0 Å². The molecule has 0 radical (unpaired) electrons. The molecule has 5 heteroatoms. The van der Waals surface area contributed by atoms with Gasteiger partial charge in [-0.05, 0) is 39.2 Å². The van der Waals surface area contributed by atoms with Gasteiger partial charge in [-0.15, -0.1) is 0 Å². The van der Waals surface area contributed by atoms with Crippen molar-refractivity contribution in [2.24, 2.45) is 0 Å². The lowest BCUT2D eigenvalue weighted by atomic mass is 9.96. The van der Waals surface area contributed by atoms with E-state index in [2.05, 4.69) is 23.4 Å². The Morgan fingerprint density at radius 3 is 2.89 bits per heavy atom. The van der Waals surface area contributed by atoms with Crippen molar-refractivity contribution >= 4 is 11.6 Å². The topological polar surface area (TPSA) is 53.6 Å². The zero-order valence-corrected chi connectivity index (χ0v) is 11.9. The molecule has 0 amide bonds. The molecule has 1 aromatic heterocycles. The standard InChI is InChI=1S/C13H21ClN4/c1-3-7-16-13(2,11-15)6-4-5-8-18-10-12(14)9-17-18/h9-10,16H,3-8H2,1-2H3. The molecule has 0 aliphatic carbocycles. The van der Waals surface area contributed by atoms with Crippen LogP contribution in [0, 0.1) is 11.3 Å². The van der Waals surface area contributed by atoms with E-state index in [1.54, 1.807) is 6.20 Å². The highest BCUT2D eigenvalue weighted by atomic mass is 35.5. The molecule has 18 heavy (non-hydrogen) atoms. The molecule has 0 aromatic carbocycles. The molecule has 0 aliphatic heterocycles. The van der Waals surface area contributed by atoms with Gasteiger partial charge in [0.15, 0.2) is 0 Å². The van der Waals surface area contributed by atoms with Crippen LogP contribution in [0.15, 0.2) is 12.4 Å². The van der Waals surface area contributed by atoms with Gasteiger partial charge in [-0.2, -0.15) is 10.4 Å². The number of nitrogens with one attached hydrogen (secondary N) is 1. The molecule has 0 saturated carbocycles. The second-order valence-electron chi connectivity index (χ2n) is 4.75. The van der Waals surface area contributed by atoms with Crippen LogP contribution in [0.3, 0.4) is 0 Å². The first kappa shape index (κ1) is 15.0. The Bertz CT molecular complexity index is 396. The van der Waals surface area contributed by atoms with E-state index in [4.69, 9.17) is 11.6 Å². The van der Waals surface area contributed by atoms with Gasteiger partial charge in [0, 0.05) is 12.7 Å². The van der Waals surface area contributed by atoms with Crippen molar-refractivity contribution in [3.05, 3.63) is 17.4 Å². The van der Waals surface area contributed by atoms with E-state index in [0.29, 0.717) is 5.02 Å². The predicted molar refractivity (Wildman–Crippen MR) is 73.4 cm³/mol. The number of nitriles is 1. The lowest BCUT2D eigenvalue weighted by Gasteiger charge is -2.22. The Kier molecular flexibility index (Phi) is 6.17. The molecule has 1 N–H and O–H groups in total. The number of hydrogen-bond acceptors (Lipinski definition) is 3. The highest BCUT2D eigenvalue weighted by Crippen LogP contribution is 2.14. The SMILES string of the molecule is CCCNC(C)(C#N)CCCCn1cc(Cl)cn1. The molecule has 1 aromatic rings. The second kappa shape index (κ2) is 7.40. The summed E-state index contributed by atoms with van der Waals surface area (Å²) in [6.45, 7) is 5.81. The summed E-state index contributed by atoms with van der Waals surface area (Å²) in [7, 11) is 0. The van der Waals surface area contributed by atoms with Crippen LogP contribution in [0.1, 0.15) is 39.5 Å². The van der Waals surface area contributed by atoms with Crippen LogP contribution in [0.5, 0.6) is 0 Å². The summed E-state index contributed by atoms with van der Waals surface area (Å²) in [5.74, 6) is 0. The van der Waals surface area contributed by atoms with E-state index >= 15 is 0 Å². The maximum atomic E-state index is 9.18. The van der Waals surface area contributed by atoms with Gasteiger partial charge in [-0.3, -0.25) is 10.00 Å². The number of aromatic nitrogens is 2. The van der Waals surface area contributed by atoms with Crippen LogP contribution in [0.25, 0.3) is 0 Å². The molecule has 4 nitrogen and oxygen atoms in total. The molecular formula is C13H21ClN4. The smallest absolute Gasteiger partial charge is 0.103 e. The highest BCUT2D eigenvalue weighted by molar-refractivity contribution is 6.30. The highest BCUT2D eigenvalue weighted by Gasteiger charge is 2.21. The van der Waals surface area contributed by atoms with Crippen molar-refractivity contribution in [2.45, 2.75) is 51.6 Å². The molecule has 0 bridgehead atoms. The lowest BCUT2D eigenvalue weighted by molar-refractivity contribution is 0.393. The van der Waals surface area contributed by atoms with Crippen molar-refractivity contribution in [1.82, 2.24) is 15.1 Å². The van der Waals surface area contributed by atoms with Crippen molar-refractivity contribution < 1.29 is 0 Å². The van der Waals surface area contributed by atoms with Crippen molar-refractivity contribution in [3.63, 3.8) is 0 Å². The van der Waals surface area contributed by atoms with Gasteiger partial charge in [0.05, 0.1) is 17.3 Å². The number of halogens is 1. The minimum Gasteiger partial charge on any atom is -0.300 e. The monoisotopic (exact) mass is 268 g/mol. The average Bonchev–Trinajstić information content (AvgIpc) is 2.78. The summed E-state index contributed by atoms with van der Waals surface area (Å²) in [5, 5.41) is 17.3. The van der Waals surface area contributed by atoms with Crippen LogP contribution < -0.4 is 5.32 Å². The molecule has 0 saturated heterocycles. The number of nitrogens with zero attached hydrogens (tertiary/aromatic N) is 3. The summed E-state index contributed by atoms with van der Waals surface area (Å²) < 4.78 is 1.84. The fourth-order valence-corrected chi connectivity index (χ4v) is 1.95. The van der Waals surface area contributed by atoms with Crippen LogP contribution in [0.2, 0.25) is 5.02 Å². The zero-order chi connectivity index (χ0) is 13.4. The third-order valence-corrected chi connectivity index (χ3v) is 3.12. The molecule has 1 rings (SSSR count). The zero-order valence-electron chi connectivity index (χ0n) is 11.1. The fraction of sp³-hybridized carbons (Fsp3) is 0.692. The Balaban J connectivity index is 2.25. The number of unbranched alkanes of at least 4 members (excludes halogenated alkanes) is 1. The van der Waals surface area contributed by atoms with Crippen LogP contribution in [0.4, 0.5) is 0 Å². The van der Waals surface area contributed by atoms with Crippen LogP contribution in [-0.2, 0) is 6.54 Å². The first-order valence-corrected chi connectivity index (χ1v) is 6.81. The summed E-state index contributed by atoms with van der Waals surface area (Å²) >= 11 is 5.79. The van der Waals surface area contributed by atoms with Gasteiger partial charge >= 0.3 is 0 Å². The fourth-order valence-electron chi connectivity index (χ4n) is 1.80.